The second kappa shape index (κ2) is 4.96. The number of rotatable bonds is 5. The van der Waals surface area contributed by atoms with Crippen molar-refractivity contribution in [3.05, 3.63) is 0 Å². The van der Waals surface area contributed by atoms with Crippen LogP contribution in [-0.2, 0) is 19.4 Å². The number of carbonyl (C=O) groups is 1. The molecule has 3 unspecified atom stereocenters. The average Bonchev–Trinajstić information content (AvgIpc) is 2.80. The summed E-state index contributed by atoms with van der Waals surface area (Å²) in [6.45, 7) is 4.89. The number of sulfone groups is 1. The molecule has 1 heterocycles. The van der Waals surface area contributed by atoms with Crippen LogP contribution in [0.5, 0.6) is 0 Å². The maximum Gasteiger partial charge on any atom is 0.241 e. The van der Waals surface area contributed by atoms with Crippen molar-refractivity contribution >= 4 is 15.7 Å². The van der Waals surface area contributed by atoms with Gasteiger partial charge in [0, 0.05) is 30.7 Å². The molecule has 6 nitrogen and oxygen atoms in total. The molecule has 2 rings (SSSR count). The molecule has 1 aliphatic carbocycles. The Morgan fingerprint density at radius 2 is 2.10 bits per heavy atom. The lowest BCUT2D eigenvalue weighted by molar-refractivity contribution is -0.175. The number of hydrogen-bond donors (Lipinski definition) is 2. The summed E-state index contributed by atoms with van der Waals surface area (Å²) in [4.78, 5) is 12.4. The topological polar surface area (TPSA) is 98.5 Å². The van der Waals surface area contributed by atoms with Crippen LogP contribution in [0.4, 0.5) is 0 Å². The van der Waals surface area contributed by atoms with Crippen molar-refractivity contribution in [2.24, 2.45) is 17.1 Å². The van der Waals surface area contributed by atoms with Gasteiger partial charge in [0.15, 0.2) is 0 Å². The lowest BCUT2D eigenvalue weighted by Crippen LogP contribution is -2.80. The Hall–Kier alpha value is -0.660. The van der Waals surface area contributed by atoms with Crippen LogP contribution in [0.2, 0.25) is 0 Å². The molecule has 3 atom stereocenters. The SMILES string of the molecule is CC1(C)C2OCCC2C1(N)C(=O)NCCCS(C)(=O)=O. The molecule has 0 spiro atoms. The van der Waals surface area contributed by atoms with Gasteiger partial charge in [0.25, 0.3) is 0 Å². The molecule has 0 aromatic rings. The minimum atomic E-state index is -2.99. The van der Waals surface area contributed by atoms with Gasteiger partial charge in [-0.25, -0.2) is 8.42 Å². The number of carbonyl (C=O) groups excluding carboxylic acids is 1. The Labute approximate surface area is 120 Å². The van der Waals surface area contributed by atoms with Crippen LogP contribution in [0.1, 0.15) is 26.7 Å². The quantitative estimate of drug-likeness (QED) is 0.678. The van der Waals surface area contributed by atoms with Crippen molar-refractivity contribution in [3.63, 3.8) is 0 Å². The van der Waals surface area contributed by atoms with Crippen molar-refractivity contribution in [1.29, 1.82) is 0 Å². The standard InChI is InChI=1S/C13H24N2O4S/c1-12(2)10-9(5-7-19-10)13(12,14)11(16)15-6-4-8-20(3,17)18/h9-10H,4-8,14H2,1-3H3,(H,15,16). The second-order valence-corrected chi connectivity index (χ2v) is 8.78. The molecular weight excluding hydrogens is 280 g/mol. The Morgan fingerprint density at radius 1 is 1.45 bits per heavy atom. The summed E-state index contributed by atoms with van der Waals surface area (Å²) >= 11 is 0. The first-order chi connectivity index (χ1) is 9.11. The highest BCUT2D eigenvalue weighted by atomic mass is 32.2. The molecule has 7 heteroatoms. The van der Waals surface area contributed by atoms with E-state index in [9.17, 15) is 13.2 Å². The van der Waals surface area contributed by atoms with E-state index in [2.05, 4.69) is 5.32 Å². The van der Waals surface area contributed by atoms with Gasteiger partial charge in [-0.3, -0.25) is 4.79 Å². The zero-order chi connectivity index (χ0) is 15.2. The van der Waals surface area contributed by atoms with Gasteiger partial charge in [0.2, 0.25) is 5.91 Å². The predicted molar refractivity (Wildman–Crippen MR) is 75.9 cm³/mol. The van der Waals surface area contributed by atoms with Crippen LogP contribution in [-0.4, -0.2) is 51.1 Å². The molecule has 1 saturated carbocycles. The summed E-state index contributed by atoms with van der Waals surface area (Å²) in [5, 5.41) is 2.78. The minimum Gasteiger partial charge on any atom is -0.377 e. The molecule has 2 aliphatic rings. The summed E-state index contributed by atoms with van der Waals surface area (Å²) in [5.41, 5.74) is 5.06. The van der Waals surface area contributed by atoms with Crippen LogP contribution >= 0.6 is 0 Å². The smallest absolute Gasteiger partial charge is 0.241 e. The molecule has 0 aromatic heterocycles. The number of hydrogen-bond acceptors (Lipinski definition) is 5. The van der Waals surface area contributed by atoms with Crippen molar-refractivity contribution in [1.82, 2.24) is 5.32 Å². The van der Waals surface area contributed by atoms with Crippen LogP contribution in [0.3, 0.4) is 0 Å². The molecule has 0 radical (unpaired) electrons. The summed E-state index contributed by atoms with van der Waals surface area (Å²) in [6, 6.07) is 0. The van der Waals surface area contributed by atoms with Crippen LogP contribution in [0.15, 0.2) is 0 Å². The number of nitrogens with one attached hydrogen (secondary N) is 1. The van der Waals surface area contributed by atoms with E-state index < -0.39 is 20.8 Å². The van der Waals surface area contributed by atoms with Gasteiger partial charge < -0.3 is 15.8 Å². The van der Waals surface area contributed by atoms with Crippen molar-refractivity contribution in [2.45, 2.75) is 38.3 Å². The normalized spacial score (nSPS) is 35.2. The fourth-order valence-electron chi connectivity index (χ4n) is 3.53. The Balaban J connectivity index is 1.92. The van der Waals surface area contributed by atoms with Gasteiger partial charge in [-0.15, -0.1) is 0 Å². The number of ether oxygens (including phenoxy) is 1. The average molecular weight is 304 g/mol. The molecule has 1 saturated heterocycles. The van der Waals surface area contributed by atoms with Gasteiger partial charge in [0.1, 0.15) is 15.4 Å². The van der Waals surface area contributed by atoms with Gasteiger partial charge in [0.05, 0.1) is 11.9 Å². The zero-order valence-electron chi connectivity index (χ0n) is 12.3. The Kier molecular flexibility index (Phi) is 3.90. The molecule has 0 aromatic carbocycles. The molecule has 20 heavy (non-hydrogen) atoms. The van der Waals surface area contributed by atoms with Gasteiger partial charge in [-0.2, -0.15) is 0 Å². The lowest BCUT2D eigenvalue weighted by atomic mass is 9.48. The molecule has 2 fully saturated rings. The molecule has 116 valence electrons. The largest absolute Gasteiger partial charge is 0.377 e. The van der Waals surface area contributed by atoms with E-state index in [0.29, 0.717) is 19.6 Å². The van der Waals surface area contributed by atoms with E-state index in [-0.39, 0.29) is 23.7 Å². The first kappa shape index (κ1) is 15.7. The maximum atomic E-state index is 12.4. The second-order valence-electron chi connectivity index (χ2n) is 6.52. The molecule has 0 bridgehead atoms. The van der Waals surface area contributed by atoms with Crippen LogP contribution < -0.4 is 11.1 Å². The number of nitrogens with two attached hydrogens (primary N) is 1. The zero-order valence-corrected chi connectivity index (χ0v) is 13.1. The number of fused-ring (bicyclic) bond motifs is 1. The third-order valence-electron chi connectivity index (χ3n) is 4.81. The van der Waals surface area contributed by atoms with Crippen LogP contribution in [0.25, 0.3) is 0 Å². The van der Waals surface area contributed by atoms with Crippen molar-refractivity contribution in [3.8, 4) is 0 Å². The summed E-state index contributed by atoms with van der Waals surface area (Å²) in [7, 11) is -2.99. The van der Waals surface area contributed by atoms with E-state index in [1.165, 1.54) is 6.26 Å². The lowest BCUT2D eigenvalue weighted by Gasteiger charge is -2.60. The fourth-order valence-corrected chi connectivity index (χ4v) is 4.20. The Bertz CT molecular complexity index is 503. The van der Waals surface area contributed by atoms with E-state index in [1.807, 2.05) is 13.8 Å². The van der Waals surface area contributed by atoms with Crippen molar-refractivity contribution < 1.29 is 17.9 Å². The summed E-state index contributed by atoms with van der Waals surface area (Å²) in [6.07, 6.45) is 2.45. The third-order valence-corrected chi connectivity index (χ3v) is 5.84. The monoisotopic (exact) mass is 304 g/mol. The third kappa shape index (κ3) is 2.35. The molecule has 1 amide bonds. The summed E-state index contributed by atoms with van der Waals surface area (Å²) < 4.78 is 27.7. The molecule has 1 aliphatic heterocycles. The van der Waals surface area contributed by atoms with E-state index in [1.54, 1.807) is 0 Å². The van der Waals surface area contributed by atoms with Gasteiger partial charge in [-0.1, -0.05) is 13.8 Å². The highest BCUT2D eigenvalue weighted by Crippen LogP contribution is 2.58. The van der Waals surface area contributed by atoms with E-state index in [4.69, 9.17) is 10.5 Å². The van der Waals surface area contributed by atoms with Crippen molar-refractivity contribution in [2.75, 3.05) is 25.2 Å². The van der Waals surface area contributed by atoms with Gasteiger partial charge >= 0.3 is 0 Å². The highest BCUT2D eigenvalue weighted by molar-refractivity contribution is 7.90. The van der Waals surface area contributed by atoms with Crippen LogP contribution in [0, 0.1) is 11.3 Å². The Morgan fingerprint density at radius 3 is 2.70 bits per heavy atom. The van der Waals surface area contributed by atoms with E-state index in [0.717, 1.165) is 6.42 Å². The molecular formula is C13H24N2O4S. The number of amides is 1. The minimum absolute atomic E-state index is 0.0502. The fraction of sp³-hybridized carbons (Fsp3) is 0.923. The first-order valence-electron chi connectivity index (χ1n) is 6.97. The van der Waals surface area contributed by atoms with E-state index >= 15 is 0 Å². The highest BCUT2D eigenvalue weighted by Gasteiger charge is 2.71. The maximum absolute atomic E-state index is 12.4. The molecule has 3 N–H and O–H groups in total. The summed E-state index contributed by atoms with van der Waals surface area (Å²) in [5.74, 6) is -0.0567. The predicted octanol–water partition coefficient (Wildman–Crippen LogP) is -0.320. The first-order valence-corrected chi connectivity index (χ1v) is 9.03. The van der Waals surface area contributed by atoms with Gasteiger partial charge in [-0.05, 0) is 12.8 Å².